The van der Waals surface area contributed by atoms with Crippen molar-refractivity contribution < 1.29 is 22.5 Å². The lowest BCUT2D eigenvalue weighted by Gasteiger charge is -2.10. The molecular formula is C17H17F3N4O2S. The van der Waals surface area contributed by atoms with Gasteiger partial charge < -0.3 is 9.29 Å². The quantitative estimate of drug-likeness (QED) is 0.592. The first kappa shape index (κ1) is 19.4. The third-order valence-electron chi connectivity index (χ3n) is 3.86. The molecule has 0 N–H and O–H groups in total. The Balaban J connectivity index is 2.10. The predicted molar refractivity (Wildman–Crippen MR) is 94.0 cm³/mol. The molecule has 0 bridgehead atoms. The molecule has 0 saturated heterocycles. The zero-order chi connectivity index (χ0) is 19.6. The highest BCUT2D eigenvalue weighted by atomic mass is 32.2. The maximum absolute atomic E-state index is 13.5. The summed E-state index contributed by atoms with van der Waals surface area (Å²) in [6.07, 6.45) is -3.19. The molecule has 144 valence electrons. The van der Waals surface area contributed by atoms with E-state index in [-0.39, 0.29) is 16.6 Å². The first-order chi connectivity index (χ1) is 12.8. The molecule has 1 atom stereocenters. The van der Waals surface area contributed by atoms with Crippen LogP contribution in [0.15, 0.2) is 35.5 Å². The lowest BCUT2D eigenvalue weighted by molar-refractivity contribution is -0.142. The summed E-state index contributed by atoms with van der Waals surface area (Å²) in [5.74, 6) is 0.627. The number of nitrogens with zero attached hydrogens (tertiary/aromatic N) is 4. The van der Waals surface area contributed by atoms with E-state index in [0.717, 1.165) is 12.5 Å². The number of methoxy groups -OCH3 is 1. The van der Waals surface area contributed by atoms with Crippen LogP contribution in [0.25, 0.3) is 17.0 Å². The van der Waals surface area contributed by atoms with Crippen molar-refractivity contribution in [2.24, 2.45) is 0 Å². The van der Waals surface area contributed by atoms with E-state index in [1.165, 1.54) is 7.11 Å². The van der Waals surface area contributed by atoms with Crippen molar-refractivity contribution in [1.82, 2.24) is 19.6 Å². The molecule has 6 nitrogen and oxygen atoms in total. The lowest BCUT2D eigenvalue weighted by Crippen LogP contribution is -2.14. The van der Waals surface area contributed by atoms with E-state index in [1.807, 2.05) is 6.92 Å². The highest BCUT2D eigenvalue weighted by molar-refractivity contribution is 7.91. The number of benzene rings is 1. The molecule has 0 aliphatic heterocycles. The number of unbranched alkanes of at least 4 members (excludes halogenated alkanes) is 1. The van der Waals surface area contributed by atoms with E-state index in [2.05, 4.69) is 15.1 Å². The molecule has 27 heavy (non-hydrogen) atoms. The first-order valence-electron chi connectivity index (χ1n) is 8.21. The van der Waals surface area contributed by atoms with E-state index < -0.39 is 23.0 Å². The van der Waals surface area contributed by atoms with Gasteiger partial charge in [0.1, 0.15) is 11.5 Å². The molecular weight excluding hydrogens is 381 g/mol. The maximum atomic E-state index is 13.5. The van der Waals surface area contributed by atoms with Crippen LogP contribution in [0.4, 0.5) is 13.2 Å². The number of alkyl halides is 3. The van der Waals surface area contributed by atoms with Gasteiger partial charge in [-0.05, 0) is 36.8 Å². The van der Waals surface area contributed by atoms with E-state index in [0.29, 0.717) is 28.0 Å². The second kappa shape index (κ2) is 7.73. The topological polar surface area (TPSA) is 75.4 Å². The van der Waals surface area contributed by atoms with Crippen LogP contribution in [0.5, 0.6) is 5.75 Å². The van der Waals surface area contributed by atoms with Crippen LogP contribution in [0.1, 0.15) is 25.5 Å². The number of rotatable bonds is 6. The third-order valence-corrected chi connectivity index (χ3v) is 5.10. The zero-order valence-corrected chi connectivity index (χ0v) is 15.5. The third kappa shape index (κ3) is 4.16. The molecule has 3 aromatic rings. The van der Waals surface area contributed by atoms with Gasteiger partial charge in [-0.2, -0.15) is 17.7 Å². The van der Waals surface area contributed by atoms with Crippen LogP contribution in [0.2, 0.25) is 0 Å². The van der Waals surface area contributed by atoms with Gasteiger partial charge in [-0.15, -0.1) is 4.98 Å². The molecule has 0 aliphatic carbocycles. The fourth-order valence-electron chi connectivity index (χ4n) is 2.42. The fourth-order valence-corrected chi connectivity index (χ4v) is 3.51. The molecule has 10 heteroatoms. The normalized spacial score (nSPS) is 13.1. The van der Waals surface area contributed by atoms with Gasteiger partial charge in [0.2, 0.25) is 0 Å². The van der Waals surface area contributed by atoms with Crippen LogP contribution >= 0.6 is 0 Å². The molecule has 1 unspecified atom stereocenters. The molecule has 0 aliphatic rings. The van der Waals surface area contributed by atoms with E-state index >= 15 is 0 Å². The van der Waals surface area contributed by atoms with Crippen LogP contribution in [0.3, 0.4) is 0 Å². The largest absolute Gasteiger partial charge is 0.609 e. The van der Waals surface area contributed by atoms with Gasteiger partial charge in [-0.1, -0.05) is 18.4 Å². The second-order valence-electron chi connectivity index (χ2n) is 5.76. The Bertz CT molecular complexity index is 928. The van der Waals surface area contributed by atoms with Crippen molar-refractivity contribution >= 4 is 17.0 Å². The summed E-state index contributed by atoms with van der Waals surface area (Å²) < 4.78 is 58.5. The van der Waals surface area contributed by atoms with Gasteiger partial charge in [0, 0.05) is 16.7 Å². The van der Waals surface area contributed by atoms with Gasteiger partial charge >= 0.3 is 11.3 Å². The summed E-state index contributed by atoms with van der Waals surface area (Å²) in [4.78, 5) is 8.15. The molecule has 3 rings (SSSR count). The molecule has 0 spiro atoms. The Morgan fingerprint density at radius 2 is 1.89 bits per heavy atom. The maximum Gasteiger partial charge on any atom is 0.433 e. The smallest absolute Gasteiger partial charge is 0.433 e. The molecule has 0 amide bonds. The molecule has 0 saturated carbocycles. The summed E-state index contributed by atoms with van der Waals surface area (Å²) in [5, 5.41) is 3.65. The van der Waals surface area contributed by atoms with E-state index in [9.17, 15) is 17.7 Å². The summed E-state index contributed by atoms with van der Waals surface area (Å²) in [6, 6.07) is 7.37. The van der Waals surface area contributed by atoms with Crippen molar-refractivity contribution in [3.63, 3.8) is 0 Å². The molecule has 1 aromatic carbocycles. The SMILES string of the molecule is CCCC[S+]([O-])c1nc2nc(-c3ccc(OC)cc3)cc(C(F)(F)F)n2n1. The fraction of sp³-hybridized carbons (Fsp3) is 0.353. The highest BCUT2D eigenvalue weighted by Gasteiger charge is 2.36. The van der Waals surface area contributed by atoms with Crippen LogP contribution in [-0.4, -0.2) is 37.0 Å². The Labute approximate surface area is 156 Å². The average molecular weight is 398 g/mol. The van der Waals surface area contributed by atoms with Crippen LogP contribution < -0.4 is 4.74 Å². The number of halogens is 3. The Hall–Kier alpha value is -2.33. The van der Waals surface area contributed by atoms with Crippen LogP contribution in [0, 0.1) is 0 Å². The number of hydrogen-bond acceptors (Lipinski definition) is 5. The minimum absolute atomic E-state index is 0.0933. The minimum atomic E-state index is -4.67. The summed E-state index contributed by atoms with van der Waals surface area (Å²) in [5.41, 5.74) is -0.458. The minimum Gasteiger partial charge on any atom is -0.609 e. The monoisotopic (exact) mass is 398 g/mol. The zero-order valence-electron chi connectivity index (χ0n) is 14.7. The number of fused-ring (bicyclic) bond motifs is 1. The van der Waals surface area contributed by atoms with Gasteiger partial charge in [-0.3, -0.25) is 0 Å². The molecule has 2 heterocycles. The summed E-state index contributed by atoms with van der Waals surface area (Å²) >= 11 is -1.57. The van der Waals surface area contributed by atoms with Crippen molar-refractivity contribution in [3.05, 3.63) is 36.0 Å². The predicted octanol–water partition coefficient (Wildman–Crippen LogP) is 3.73. The number of hydrogen-bond donors (Lipinski definition) is 0. The number of aromatic nitrogens is 4. The van der Waals surface area contributed by atoms with Crippen molar-refractivity contribution in [1.29, 1.82) is 0 Å². The summed E-state index contributed by atoms with van der Waals surface area (Å²) in [6.45, 7) is 1.93. The Kier molecular flexibility index (Phi) is 5.56. The molecule has 0 fully saturated rings. The Morgan fingerprint density at radius 1 is 1.19 bits per heavy atom. The average Bonchev–Trinajstić information content (AvgIpc) is 3.08. The van der Waals surface area contributed by atoms with Crippen molar-refractivity contribution in [2.75, 3.05) is 12.9 Å². The standard InChI is InChI=1S/C17H17F3N4O2S/c1-3-4-9-27(25)16-22-15-21-13(11-5-7-12(26-2)8-6-11)10-14(17(18,19)20)24(15)23-16/h5-8,10H,3-4,9H2,1-2H3. The van der Waals surface area contributed by atoms with Gasteiger partial charge in [0.25, 0.3) is 5.78 Å². The van der Waals surface area contributed by atoms with Crippen LogP contribution in [-0.2, 0) is 17.4 Å². The van der Waals surface area contributed by atoms with E-state index in [4.69, 9.17) is 4.74 Å². The Morgan fingerprint density at radius 3 is 2.48 bits per heavy atom. The highest BCUT2D eigenvalue weighted by Crippen LogP contribution is 2.32. The molecule has 0 radical (unpaired) electrons. The first-order valence-corrected chi connectivity index (χ1v) is 9.53. The summed E-state index contributed by atoms with van der Waals surface area (Å²) in [7, 11) is 1.50. The van der Waals surface area contributed by atoms with Gasteiger partial charge in [0.15, 0.2) is 5.69 Å². The molecule has 2 aromatic heterocycles. The number of ether oxygens (including phenoxy) is 1. The van der Waals surface area contributed by atoms with Crippen molar-refractivity contribution in [3.8, 4) is 17.0 Å². The van der Waals surface area contributed by atoms with Gasteiger partial charge in [0.05, 0.1) is 12.8 Å². The van der Waals surface area contributed by atoms with E-state index in [1.54, 1.807) is 24.3 Å². The lowest BCUT2D eigenvalue weighted by atomic mass is 10.1. The second-order valence-corrected chi connectivity index (χ2v) is 7.23. The van der Waals surface area contributed by atoms with Crippen molar-refractivity contribution in [2.45, 2.75) is 31.1 Å². The van der Waals surface area contributed by atoms with Gasteiger partial charge in [-0.25, -0.2) is 4.98 Å².